The topological polar surface area (TPSA) is 45.2 Å². The minimum atomic E-state index is -4.49. The van der Waals surface area contributed by atoms with E-state index in [9.17, 15) is 18.0 Å². The molecule has 1 N–H and O–H groups in total. The third kappa shape index (κ3) is 4.10. The highest BCUT2D eigenvalue weighted by Crippen LogP contribution is 2.28. The van der Waals surface area contributed by atoms with Gasteiger partial charge in [0.15, 0.2) is 0 Å². The Labute approximate surface area is 133 Å². The minimum absolute atomic E-state index is 0. The van der Waals surface area contributed by atoms with Crippen molar-refractivity contribution in [1.82, 2.24) is 15.2 Å². The second kappa shape index (κ2) is 7.28. The molecule has 0 aliphatic carbocycles. The Morgan fingerprint density at radius 1 is 1.45 bits per heavy atom. The molecule has 4 nitrogen and oxygen atoms in total. The van der Waals surface area contributed by atoms with Crippen molar-refractivity contribution in [2.24, 2.45) is 5.92 Å². The van der Waals surface area contributed by atoms with Crippen molar-refractivity contribution in [3.05, 3.63) is 29.1 Å². The number of likely N-dealkylation sites (tertiary alicyclic amines) is 1. The number of pyridine rings is 1. The van der Waals surface area contributed by atoms with Crippen LogP contribution in [0.15, 0.2) is 12.1 Å². The molecule has 2 heterocycles. The van der Waals surface area contributed by atoms with Crippen LogP contribution in [0.5, 0.6) is 0 Å². The van der Waals surface area contributed by atoms with Crippen molar-refractivity contribution in [1.29, 1.82) is 0 Å². The standard InChI is InChI=1S/C14H18F3N3O.ClH/c1-9-11(3-4-12(19-9)14(15,16)17)13(21)20-6-5-10(8-20)7-18-2;/h3-4,10,18H,5-8H2,1-2H3;1H. The van der Waals surface area contributed by atoms with E-state index >= 15 is 0 Å². The van der Waals surface area contributed by atoms with Crippen LogP contribution in [0.3, 0.4) is 0 Å². The molecule has 124 valence electrons. The first-order valence-electron chi connectivity index (χ1n) is 6.81. The van der Waals surface area contributed by atoms with Crippen LogP contribution in [0, 0.1) is 12.8 Å². The molecule has 0 radical (unpaired) electrons. The molecule has 22 heavy (non-hydrogen) atoms. The Bertz CT molecular complexity index is 537. The summed E-state index contributed by atoms with van der Waals surface area (Å²) in [5, 5.41) is 3.07. The molecule has 1 fully saturated rings. The van der Waals surface area contributed by atoms with Gasteiger partial charge in [-0.15, -0.1) is 12.4 Å². The van der Waals surface area contributed by atoms with Crippen LogP contribution in [-0.2, 0) is 6.18 Å². The number of aromatic nitrogens is 1. The van der Waals surface area contributed by atoms with Crippen molar-refractivity contribution in [3.63, 3.8) is 0 Å². The summed E-state index contributed by atoms with van der Waals surface area (Å²) >= 11 is 0. The van der Waals surface area contributed by atoms with Crippen molar-refractivity contribution in [2.45, 2.75) is 19.5 Å². The lowest BCUT2D eigenvalue weighted by Crippen LogP contribution is -2.31. The van der Waals surface area contributed by atoms with E-state index in [0.29, 0.717) is 19.0 Å². The summed E-state index contributed by atoms with van der Waals surface area (Å²) in [4.78, 5) is 17.6. The summed E-state index contributed by atoms with van der Waals surface area (Å²) in [6, 6.07) is 2.08. The molecule has 1 aliphatic heterocycles. The number of aryl methyl sites for hydroxylation is 1. The van der Waals surface area contributed by atoms with Gasteiger partial charge in [0, 0.05) is 13.1 Å². The van der Waals surface area contributed by atoms with E-state index in [2.05, 4.69) is 10.3 Å². The number of carbonyl (C=O) groups excluding carboxylic acids is 1. The van der Waals surface area contributed by atoms with Gasteiger partial charge in [-0.3, -0.25) is 4.79 Å². The number of rotatable bonds is 3. The highest BCUT2D eigenvalue weighted by molar-refractivity contribution is 5.95. The molecular weight excluding hydrogens is 319 g/mol. The second-order valence-electron chi connectivity index (χ2n) is 5.29. The van der Waals surface area contributed by atoms with E-state index in [4.69, 9.17) is 0 Å². The van der Waals surface area contributed by atoms with Crippen molar-refractivity contribution >= 4 is 18.3 Å². The highest BCUT2D eigenvalue weighted by Gasteiger charge is 2.34. The van der Waals surface area contributed by atoms with E-state index in [-0.39, 0.29) is 29.6 Å². The van der Waals surface area contributed by atoms with Gasteiger partial charge in [-0.25, -0.2) is 4.98 Å². The molecule has 0 spiro atoms. The molecule has 8 heteroatoms. The normalized spacial score (nSPS) is 18.2. The summed E-state index contributed by atoms with van der Waals surface area (Å²) in [6.45, 7) is 3.52. The largest absolute Gasteiger partial charge is 0.433 e. The predicted octanol–water partition coefficient (Wildman–Crippen LogP) is 2.51. The van der Waals surface area contributed by atoms with Crippen molar-refractivity contribution in [2.75, 3.05) is 26.7 Å². The van der Waals surface area contributed by atoms with Gasteiger partial charge in [0.2, 0.25) is 0 Å². The molecule has 1 aromatic rings. The number of amides is 1. The zero-order valence-corrected chi connectivity index (χ0v) is 13.2. The molecule has 0 bridgehead atoms. The van der Waals surface area contributed by atoms with Crippen molar-refractivity contribution in [3.8, 4) is 0 Å². The summed E-state index contributed by atoms with van der Waals surface area (Å²) in [5.74, 6) is 0.147. The fourth-order valence-electron chi connectivity index (χ4n) is 2.59. The molecule has 1 atom stereocenters. The zero-order chi connectivity index (χ0) is 15.6. The Balaban J connectivity index is 0.00000242. The maximum Gasteiger partial charge on any atom is 0.433 e. The minimum Gasteiger partial charge on any atom is -0.338 e. The van der Waals surface area contributed by atoms with Gasteiger partial charge in [0.1, 0.15) is 5.69 Å². The summed E-state index contributed by atoms with van der Waals surface area (Å²) < 4.78 is 37.7. The van der Waals surface area contributed by atoms with Gasteiger partial charge in [-0.05, 0) is 45.0 Å². The quantitative estimate of drug-likeness (QED) is 0.922. The molecule has 1 saturated heterocycles. The average Bonchev–Trinajstić information content (AvgIpc) is 2.86. The number of hydrogen-bond acceptors (Lipinski definition) is 3. The number of carbonyl (C=O) groups is 1. The fourth-order valence-corrected chi connectivity index (χ4v) is 2.59. The molecule has 1 amide bonds. The number of halogens is 4. The maximum atomic E-state index is 12.6. The SMILES string of the molecule is CNCC1CCN(C(=O)c2ccc(C(F)(F)F)nc2C)C1.Cl. The average molecular weight is 338 g/mol. The van der Waals surface area contributed by atoms with Gasteiger partial charge < -0.3 is 10.2 Å². The first-order valence-corrected chi connectivity index (χ1v) is 6.81. The monoisotopic (exact) mass is 337 g/mol. The molecule has 1 aliphatic rings. The van der Waals surface area contributed by atoms with E-state index in [1.807, 2.05) is 7.05 Å². The van der Waals surface area contributed by atoms with E-state index in [1.165, 1.54) is 13.0 Å². The zero-order valence-electron chi connectivity index (χ0n) is 12.4. The number of nitrogens with one attached hydrogen (secondary N) is 1. The predicted molar refractivity (Wildman–Crippen MR) is 79.2 cm³/mol. The Kier molecular flexibility index (Phi) is 6.19. The molecule has 2 rings (SSSR count). The lowest BCUT2D eigenvalue weighted by molar-refractivity contribution is -0.141. The smallest absolute Gasteiger partial charge is 0.338 e. The van der Waals surface area contributed by atoms with Crippen LogP contribution in [0.4, 0.5) is 13.2 Å². The maximum absolute atomic E-state index is 12.6. The van der Waals surface area contributed by atoms with Crippen molar-refractivity contribution < 1.29 is 18.0 Å². The third-order valence-electron chi connectivity index (χ3n) is 3.67. The fraction of sp³-hybridized carbons (Fsp3) is 0.571. The number of alkyl halides is 3. The molecular formula is C14H19ClF3N3O. The van der Waals surface area contributed by atoms with Gasteiger partial charge in [-0.2, -0.15) is 13.2 Å². The summed E-state index contributed by atoms with van der Waals surface area (Å²) in [5.41, 5.74) is -0.606. The number of nitrogens with zero attached hydrogens (tertiary/aromatic N) is 2. The Morgan fingerprint density at radius 3 is 2.68 bits per heavy atom. The Hall–Kier alpha value is -1.34. The molecule has 1 unspecified atom stereocenters. The van der Waals surface area contributed by atoms with Crippen LogP contribution < -0.4 is 5.32 Å². The second-order valence-corrected chi connectivity index (χ2v) is 5.29. The van der Waals surface area contributed by atoms with Gasteiger partial charge in [-0.1, -0.05) is 0 Å². The van der Waals surface area contributed by atoms with Crippen LogP contribution in [0.1, 0.15) is 28.2 Å². The summed E-state index contributed by atoms with van der Waals surface area (Å²) in [6.07, 6.45) is -3.59. The highest BCUT2D eigenvalue weighted by atomic mass is 35.5. The van der Waals surface area contributed by atoms with E-state index < -0.39 is 11.9 Å². The van der Waals surface area contributed by atoms with Crippen LogP contribution >= 0.6 is 12.4 Å². The molecule has 1 aromatic heterocycles. The molecule has 0 saturated carbocycles. The third-order valence-corrected chi connectivity index (χ3v) is 3.67. The first-order chi connectivity index (χ1) is 9.82. The van der Waals surface area contributed by atoms with E-state index in [0.717, 1.165) is 19.0 Å². The lowest BCUT2D eigenvalue weighted by atomic mass is 10.1. The van der Waals surface area contributed by atoms with Crippen LogP contribution in [0.2, 0.25) is 0 Å². The lowest BCUT2D eigenvalue weighted by Gasteiger charge is -2.18. The first kappa shape index (κ1) is 18.7. The summed E-state index contributed by atoms with van der Waals surface area (Å²) in [7, 11) is 1.86. The Morgan fingerprint density at radius 2 is 2.14 bits per heavy atom. The van der Waals surface area contributed by atoms with E-state index in [1.54, 1.807) is 4.90 Å². The van der Waals surface area contributed by atoms with Gasteiger partial charge in [0.25, 0.3) is 5.91 Å². The van der Waals surface area contributed by atoms with Gasteiger partial charge >= 0.3 is 6.18 Å². The number of hydrogen-bond donors (Lipinski definition) is 1. The van der Waals surface area contributed by atoms with Crippen LogP contribution in [-0.4, -0.2) is 42.5 Å². The molecule has 0 aromatic carbocycles. The van der Waals surface area contributed by atoms with Crippen LogP contribution in [0.25, 0.3) is 0 Å². The van der Waals surface area contributed by atoms with Gasteiger partial charge in [0.05, 0.1) is 11.3 Å².